The first-order valence-corrected chi connectivity index (χ1v) is 6.79. The molecule has 1 saturated heterocycles. The van der Waals surface area contributed by atoms with E-state index in [-0.39, 0.29) is 23.8 Å². The van der Waals surface area contributed by atoms with Crippen molar-refractivity contribution in [3.63, 3.8) is 0 Å². The number of nitrogens with one attached hydrogen (secondary N) is 3. The van der Waals surface area contributed by atoms with Crippen LogP contribution in [0.15, 0.2) is 12.4 Å². The fourth-order valence-electron chi connectivity index (χ4n) is 2.23. The molecular weight excluding hydrogens is 258 g/mol. The van der Waals surface area contributed by atoms with Crippen LogP contribution in [0.4, 0.5) is 5.69 Å². The second-order valence-corrected chi connectivity index (χ2v) is 5.36. The van der Waals surface area contributed by atoms with Gasteiger partial charge >= 0.3 is 0 Å². The fraction of sp³-hybridized carbons (Fsp3) is 0.615. The number of aromatic nitrogens is 2. The predicted octanol–water partition coefficient (Wildman–Crippen LogP) is -0.0427. The molecule has 2 heterocycles. The lowest BCUT2D eigenvalue weighted by Gasteiger charge is -2.32. The number of rotatable bonds is 4. The molecule has 2 amide bonds. The van der Waals surface area contributed by atoms with Crippen molar-refractivity contribution in [1.82, 2.24) is 20.4 Å². The normalized spacial score (nSPS) is 17.5. The summed E-state index contributed by atoms with van der Waals surface area (Å²) in [5.41, 5.74) is 0.285. The van der Waals surface area contributed by atoms with Gasteiger partial charge in [-0.3, -0.25) is 14.3 Å². The Morgan fingerprint density at radius 3 is 2.80 bits per heavy atom. The van der Waals surface area contributed by atoms with Gasteiger partial charge in [-0.05, 0) is 25.9 Å². The lowest BCUT2D eigenvalue weighted by molar-refractivity contribution is -0.126. The molecule has 1 aliphatic rings. The molecule has 0 spiro atoms. The summed E-state index contributed by atoms with van der Waals surface area (Å²) >= 11 is 0. The maximum atomic E-state index is 12.3. The largest absolute Gasteiger partial charge is 0.358 e. The maximum Gasteiger partial charge on any atom is 0.241 e. The number of hydrogen-bond donors (Lipinski definition) is 3. The Morgan fingerprint density at radius 2 is 2.15 bits per heavy atom. The number of carbonyl (C=O) groups excluding carboxylic acids is 2. The SMILES string of the molecule is CNC(=O)Cn1cc(NC(=O)C2(C)CCNCC2)cn1. The molecule has 110 valence electrons. The second kappa shape index (κ2) is 6.04. The van der Waals surface area contributed by atoms with Crippen LogP contribution in [0.25, 0.3) is 0 Å². The first-order chi connectivity index (χ1) is 9.53. The summed E-state index contributed by atoms with van der Waals surface area (Å²) < 4.78 is 1.50. The van der Waals surface area contributed by atoms with E-state index in [9.17, 15) is 9.59 Å². The minimum atomic E-state index is -0.339. The molecule has 0 bridgehead atoms. The first-order valence-electron chi connectivity index (χ1n) is 6.79. The number of hydrogen-bond acceptors (Lipinski definition) is 4. The van der Waals surface area contributed by atoms with E-state index in [1.165, 1.54) is 4.68 Å². The molecule has 1 aliphatic heterocycles. The highest BCUT2D eigenvalue weighted by Gasteiger charge is 2.34. The summed E-state index contributed by atoms with van der Waals surface area (Å²) in [5.74, 6) is -0.116. The molecule has 3 N–H and O–H groups in total. The van der Waals surface area contributed by atoms with Crippen molar-refractivity contribution in [1.29, 1.82) is 0 Å². The van der Waals surface area contributed by atoms with Crippen LogP contribution in [0.2, 0.25) is 0 Å². The third-order valence-electron chi connectivity index (χ3n) is 3.73. The number of carbonyl (C=O) groups is 2. The molecule has 0 radical (unpaired) electrons. The molecule has 20 heavy (non-hydrogen) atoms. The van der Waals surface area contributed by atoms with Crippen molar-refractivity contribution < 1.29 is 9.59 Å². The minimum absolute atomic E-state index is 0.0125. The summed E-state index contributed by atoms with van der Waals surface area (Å²) in [4.78, 5) is 23.6. The predicted molar refractivity (Wildman–Crippen MR) is 75.1 cm³/mol. The number of piperidine rings is 1. The van der Waals surface area contributed by atoms with Crippen molar-refractivity contribution in [2.45, 2.75) is 26.3 Å². The first kappa shape index (κ1) is 14.5. The van der Waals surface area contributed by atoms with Gasteiger partial charge in [0, 0.05) is 18.7 Å². The highest BCUT2D eigenvalue weighted by Crippen LogP contribution is 2.29. The molecule has 0 atom stereocenters. The van der Waals surface area contributed by atoms with Crippen LogP contribution in [0.3, 0.4) is 0 Å². The standard InChI is InChI=1S/C13H21N5O2/c1-13(3-5-15-6-4-13)12(20)17-10-7-16-18(8-10)9-11(19)14-2/h7-8,15H,3-6,9H2,1-2H3,(H,14,19)(H,17,20). The van der Waals surface area contributed by atoms with E-state index >= 15 is 0 Å². The van der Waals surface area contributed by atoms with Gasteiger partial charge < -0.3 is 16.0 Å². The van der Waals surface area contributed by atoms with Crippen LogP contribution in [0.1, 0.15) is 19.8 Å². The van der Waals surface area contributed by atoms with E-state index < -0.39 is 0 Å². The number of anilines is 1. The van der Waals surface area contributed by atoms with E-state index in [1.807, 2.05) is 6.92 Å². The van der Waals surface area contributed by atoms with Gasteiger partial charge in [0.15, 0.2) is 0 Å². The molecule has 0 saturated carbocycles. The smallest absolute Gasteiger partial charge is 0.241 e. The van der Waals surface area contributed by atoms with Gasteiger partial charge in [-0.15, -0.1) is 0 Å². The Kier molecular flexibility index (Phi) is 4.39. The monoisotopic (exact) mass is 279 g/mol. The molecule has 7 nitrogen and oxygen atoms in total. The highest BCUT2D eigenvalue weighted by molar-refractivity contribution is 5.95. The van der Waals surface area contributed by atoms with Gasteiger partial charge in [0.05, 0.1) is 11.9 Å². The van der Waals surface area contributed by atoms with Crippen LogP contribution in [0, 0.1) is 5.41 Å². The van der Waals surface area contributed by atoms with Crippen molar-refractivity contribution in [3.05, 3.63) is 12.4 Å². The topological polar surface area (TPSA) is 88.0 Å². The van der Waals surface area contributed by atoms with Crippen LogP contribution >= 0.6 is 0 Å². The van der Waals surface area contributed by atoms with Crippen LogP contribution in [-0.4, -0.2) is 41.7 Å². The zero-order valence-electron chi connectivity index (χ0n) is 11.9. The second-order valence-electron chi connectivity index (χ2n) is 5.36. The van der Waals surface area contributed by atoms with Gasteiger partial charge in [0.2, 0.25) is 11.8 Å². The minimum Gasteiger partial charge on any atom is -0.358 e. The molecule has 0 unspecified atom stereocenters. The van der Waals surface area contributed by atoms with E-state index in [1.54, 1.807) is 19.4 Å². The van der Waals surface area contributed by atoms with E-state index in [2.05, 4.69) is 21.0 Å². The van der Waals surface area contributed by atoms with Gasteiger partial charge in [0.25, 0.3) is 0 Å². The summed E-state index contributed by atoms with van der Waals surface area (Å²) in [5, 5.41) is 12.7. The summed E-state index contributed by atoms with van der Waals surface area (Å²) in [6, 6.07) is 0. The van der Waals surface area contributed by atoms with Crippen molar-refractivity contribution in [2.75, 3.05) is 25.5 Å². The number of likely N-dealkylation sites (N-methyl/N-ethyl adjacent to an activating group) is 1. The zero-order chi connectivity index (χ0) is 14.6. The van der Waals surface area contributed by atoms with Gasteiger partial charge in [-0.1, -0.05) is 6.92 Å². The molecule has 0 aromatic carbocycles. The van der Waals surface area contributed by atoms with Gasteiger partial charge in [0.1, 0.15) is 6.54 Å². The molecular formula is C13H21N5O2. The Morgan fingerprint density at radius 1 is 1.45 bits per heavy atom. The molecule has 1 aromatic heterocycles. The van der Waals surface area contributed by atoms with Gasteiger partial charge in [-0.2, -0.15) is 5.10 Å². The van der Waals surface area contributed by atoms with Crippen molar-refractivity contribution >= 4 is 17.5 Å². The summed E-state index contributed by atoms with van der Waals surface area (Å²) in [6.45, 7) is 3.85. The fourth-order valence-corrected chi connectivity index (χ4v) is 2.23. The highest BCUT2D eigenvalue weighted by atomic mass is 16.2. The maximum absolute atomic E-state index is 12.3. The average molecular weight is 279 g/mol. The van der Waals surface area contributed by atoms with Crippen molar-refractivity contribution in [3.8, 4) is 0 Å². The van der Waals surface area contributed by atoms with Crippen molar-refractivity contribution in [2.24, 2.45) is 5.41 Å². The Hall–Kier alpha value is -1.89. The zero-order valence-corrected chi connectivity index (χ0v) is 11.9. The Labute approximate surface area is 118 Å². The average Bonchev–Trinajstić information content (AvgIpc) is 2.86. The third-order valence-corrected chi connectivity index (χ3v) is 3.73. The van der Waals surface area contributed by atoms with E-state index in [0.29, 0.717) is 5.69 Å². The lowest BCUT2D eigenvalue weighted by atomic mass is 9.80. The summed E-state index contributed by atoms with van der Waals surface area (Å²) in [6.07, 6.45) is 4.87. The molecule has 1 fully saturated rings. The quantitative estimate of drug-likeness (QED) is 0.721. The van der Waals surface area contributed by atoms with E-state index in [0.717, 1.165) is 25.9 Å². The van der Waals surface area contributed by atoms with Crippen LogP contribution in [0.5, 0.6) is 0 Å². The molecule has 0 aliphatic carbocycles. The number of nitrogens with zero attached hydrogens (tertiary/aromatic N) is 2. The molecule has 1 aromatic rings. The molecule has 2 rings (SSSR count). The van der Waals surface area contributed by atoms with E-state index in [4.69, 9.17) is 0 Å². The van der Waals surface area contributed by atoms with Crippen LogP contribution in [-0.2, 0) is 16.1 Å². The third kappa shape index (κ3) is 3.36. The Balaban J connectivity index is 1.96. The van der Waals surface area contributed by atoms with Gasteiger partial charge in [-0.25, -0.2) is 0 Å². The lowest BCUT2D eigenvalue weighted by Crippen LogP contribution is -2.42. The molecule has 7 heteroatoms. The number of amides is 2. The Bertz CT molecular complexity index is 491. The van der Waals surface area contributed by atoms with Crippen LogP contribution < -0.4 is 16.0 Å². The summed E-state index contributed by atoms with van der Waals surface area (Å²) in [7, 11) is 1.58.